The van der Waals surface area contributed by atoms with E-state index in [1.807, 2.05) is 74.5 Å². The van der Waals surface area contributed by atoms with Crippen LogP contribution in [0.4, 0.5) is 22.7 Å². The Morgan fingerprint density at radius 2 is 0.827 bits per heavy atom. The second-order valence-corrected chi connectivity index (χ2v) is 12.7. The number of para-hydroxylation sites is 2. The Morgan fingerprint density at radius 1 is 0.481 bits per heavy atom. The van der Waals surface area contributed by atoms with E-state index in [0.29, 0.717) is 74.9 Å². The molecule has 8 heteroatoms. The molecule has 0 atom stereocenters. The van der Waals surface area contributed by atoms with Gasteiger partial charge in [-0.25, -0.2) is 0 Å². The van der Waals surface area contributed by atoms with Gasteiger partial charge in [0.2, 0.25) is 0 Å². The van der Waals surface area contributed by atoms with Gasteiger partial charge in [0.05, 0.1) is 22.5 Å². The summed E-state index contributed by atoms with van der Waals surface area (Å²) in [4.78, 5) is 37.4. The Morgan fingerprint density at radius 3 is 1.15 bits per heavy atom. The molecule has 0 saturated heterocycles. The molecule has 0 radical (unpaired) electrons. The number of nitrogens with zero attached hydrogens (tertiary/aromatic N) is 4. The third-order valence-electron chi connectivity index (χ3n) is 9.60. The number of anilines is 4. The molecule has 0 aliphatic carbocycles. The highest BCUT2D eigenvalue weighted by molar-refractivity contribution is 6.30. The Balaban J connectivity index is 1.44. The van der Waals surface area contributed by atoms with Crippen molar-refractivity contribution in [2.75, 3.05) is 62.4 Å². The molecule has 0 spiro atoms. The molecule has 2 heterocycles. The number of ether oxygens (including phenoxy) is 2. The van der Waals surface area contributed by atoms with Gasteiger partial charge >= 0.3 is 0 Å². The average Bonchev–Trinajstić information content (AvgIpc) is 3.63. The van der Waals surface area contributed by atoms with Crippen molar-refractivity contribution in [1.29, 1.82) is 0 Å². The largest absolute Gasteiger partial charge is 0.382 e. The summed E-state index contributed by atoms with van der Waals surface area (Å²) in [5, 5.41) is 0. The lowest BCUT2D eigenvalue weighted by molar-refractivity contribution is -0.124. The molecule has 0 N–H and O–H groups in total. The Hall–Kier alpha value is -5.18. The standard InChI is InChI=1S/C44H50N4O4/c1-5-45(35-17-11-9-12-18-35)37-25-21-33(22-26-37)41-39-40(44(50)47(41)29-15-31-51-7-3)42(48(43(39)49)30-16-32-52-8-4)34-23-27-38(28-24-34)46(6-2)36-19-13-10-14-20-36/h9-14,17-28H,5-8,15-16,29-32H2,1-4H3. The first kappa shape index (κ1) is 36.6. The van der Waals surface area contributed by atoms with Crippen LogP contribution < -0.4 is 9.80 Å². The summed E-state index contributed by atoms with van der Waals surface area (Å²) in [5.74, 6) is -0.298. The van der Waals surface area contributed by atoms with Crippen LogP contribution >= 0.6 is 0 Å². The van der Waals surface area contributed by atoms with Crippen LogP contribution in [0, 0.1) is 0 Å². The molecular weight excluding hydrogens is 649 g/mol. The highest BCUT2D eigenvalue weighted by atomic mass is 16.5. The quantitative estimate of drug-likeness (QED) is 0.0970. The zero-order valence-electron chi connectivity index (χ0n) is 30.9. The van der Waals surface area contributed by atoms with E-state index in [0.717, 1.165) is 47.0 Å². The number of benzene rings is 4. The van der Waals surface area contributed by atoms with Crippen LogP contribution in [-0.2, 0) is 19.1 Å². The maximum Gasteiger partial charge on any atom is 0.261 e. The van der Waals surface area contributed by atoms with Crippen molar-refractivity contribution in [3.8, 4) is 0 Å². The van der Waals surface area contributed by atoms with E-state index in [9.17, 15) is 9.59 Å². The summed E-state index contributed by atoms with van der Waals surface area (Å²) in [6.07, 6.45) is 1.31. The normalized spacial score (nSPS) is 14.2. The van der Waals surface area contributed by atoms with Gasteiger partial charge in [0.25, 0.3) is 11.8 Å². The molecule has 0 fully saturated rings. The van der Waals surface area contributed by atoms with Gasteiger partial charge in [-0.05, 0) is 100 Å². The van der Waals surface area contributed by atoms with Crippen LogP contribution in [0.3, 0.4) is 0 Å². The number of hydrogen-bond acceptors (Lipinski definition) is 6. The molecule has 0 aromatic heterocycles. The van der Waals surface area contributed by atoms with Gasteiger partial charge in [-0.15, -0.1) is 0 Å². The summed E-state index contributed by atoms with van der Waals surface area (Å²) in [7, 11) is 0. The minimum absolute atomic E-state index is 0.149. The fraction of sp³-hybridized carbons (Fsp3) is 0.318. The van der Waals surface area contributed by atoms with Crippen LogP contribution in [0.15, 0.2) is 120 Å². The van der Waals surface area contributed by atoms with Crippen LogP contribution in [-0.4, -0.2) is 74.2 Å². The van der Waals surface area contributed by atoms with Crippen LogP contribution in [0.1, 0.15) is 51.7 Å². The number of carbonyl (C=O) groups excluding carboxylic acids is 2. The van der Waals surface area contributed by atoms with Crippen molar-refractivity contribution in [3.63, 3.8) is 0 Å². The smallest absolute Gasteiger partial charge is 0.261 e. The molecule has 6 rings (SSSR count). The summed E-state index contributed by atoms with van der Waals surface area (Å²) < 4.78 is 11.3. The Kier molecular flexibility index (Phi) is 12.2. The second-order valence-electron chi connectivity index (χ2n) is 12.7. The van der Waals surface area contributed by atoms with Gasteiger partial charge in [-0.1, -0.05) is 60.7 Å². The number of carbonyl (C=O) groups is 2. The zero-order chi connectivity index (χ0) is 36.5. The van der Waals surface area contributed by atoms with Gasteiger partial charge < -0.3 is 29.1 Å². The van der Waals surface area contributed by atoms with Crippen LogP contribution in [0.25, 0.3) is 11.4 Å². The van der Waals surface area contributed by atoms with Crippen molar-refractivity contribution in [3.05, 3.63) is 131 Å². The summed E-state index contributed by atoms with van der Waals surface area (Å²) in [6.45, 7) is 13.0. The summed E-state index contributed by atoms with van der Waals surface area (Å²) in [5.41, 5.74) is 8.24. The molecule has 270 valence electrons. The molecule has 2 amide bonds. The SMILES string of the molecule is CCOCCCN1C(=O)C2=C(c3ccc(N(CC)c4ccccc4)cc3)N(CCCOCC)C(=O)C2=C1c1ccc(N(CC)c2ccccc2)cc1. The first-order valence-corrected chi connectivity index (χ1v) is 18.7. The van der Waals surface area contributed by atoms with E-state index < -0.39 is 0 Å². The van der Waals surface area contributed by atoms with Gasteiger partial charge in [0.15, 0.2) is 0 Å². The lowest BCUT2D eigenvalue weighted by atomic mass is 10.0. The number of rotatable bonds is 18. The van der Waals surface area contributed by atoms with Crippen molar-refractivity contribution in [1.82, 2.24) is 9.80 Å². The first-order chi connectivity index (χ1) is 25.5. The predicted molar refractivity (Wildman–Crippen MR) is 211 cm³/mol. The number of fused-ring (bicyclic) bond motifs is 1. The molecule has 4 aromatic carbocycles. The lowest BCUT2D eigenvalue weighted by Gasteiger charge is -2.27. The van der Waals surface area contributed by atoms with Crippen molar-refractivity contribution in [2.24, 2.45) is 0 Å². The van der Waals surface area contributed by atoms with Crippen LogP contribution in [0.5, 0.6) is 0 Å². The van der Waals surface area contributed by atoms with E-state index in [1.54, 1.807) is 9.80 Å². The highest BCUT2D eigenvalue weighted by Gasteiger charge is 2.48. The molecule has 2 aliphatic rings. The van der Waals surface area contributed by atoms with E-state index >= 15 is 0 Å². The maximum absolute atomic E-state index is 14.7. The monoisotopic (exact) mass is 698 g/mol. The predicted octanol–water partition coefficient (Wildman–Crippen LogP) is 8.66. The fourth-order valence-electron chi connectivity index (χ4n) is 7.20. The Bertz CT molecular complexity index is 1730. The van der Waals surface area contributed by atoms with Gasteiger partial charge in [-0.3, -0.25) is 9.59 Å². The molecular formula is C44H50N4O4. The summed E-state index contributed by atoms with van der Waals surface area (Å²) >= 11 is 0. The molecule has 4 aromatic rings. The van der Waals surface area contributed by atoms with E-state index in [2.05, 4.69) is 72.2 Å². The van der Waals surface area contributed by atoms with Gasteiger partial charge in [0.1, 0.15) is 0 Å². The van der Waals surface area contributed by atoms with E-state index in [-0.39, 0.29) is 11.8 Å². The van der Waals surface area contributed by atoms with Gasteiger partial charge in [-0.2, -0.15) is 0 Å². The lowest BCUT2D eigenvalue weighted by Crippen LogP contribution is -2.31. The summed E-state index contributed by atoms with van der Waals surface area (Å²) in [6, 6.07) is 37.1. The third-order valence-corrected chi connectivity index (χ3v) is 9.60. The van der Waals surface area contributed by atoms with Crippen molar-refractivity contribution < 1.29 is 19.1 Å². The van der Waals surface area contributed by atoms with E-state index in [4.69, 9.17) is 9.47 Å². The van der Waals surface area contributed by atoms with E-state index in [1.165, 1.54) is 0 Å². The number of hydrogen-bond donors (Lipinski definition) is 0. The second kappa shape index (κ2) is 17.4. The molecule has 8 nitrogen and oxygen atoms in total. The minimum Gasteiger partial charge on any atom is -0.382 e. The molecule has 0 bridgehead atoms. The van der Waals surface area contributed by atoms with Crippen molar-refractivity contribution >= 4 is 46.0 Å². The molecule has 0 unspecified atom stereocenters. The first-order valence-electron chi connectivity index (χ1n) is 18.7. The fourth-order valence-corrected chi connectivity index (χ4v) is 7.20. The molecule has 0 saturated carbocycles. The van der Waals surface area contributed by atoms with Crippen LogP contribution in [0.2, 0.25) is 0 Å². The molecule has 52 heavy (non-hydrogen) atoms. The highest BCUT2D eigenvalue weighted by Crippen LogP contribution is 2.47. The van der Waals surface area contributed by atoms with Gasteiger partial charge in [0, 0.05) is 75.4 Å². The third kappa shape index (κ3) is 7.54. The van der Waals surface area contributed by atoms with Crippen molar-refractivity contribution in [2.45, 2.75) is 40.5 Å². The topological polar surface area (TPSA) is 65.6 Å². The minimum atomic E-state index is -0.149. The Labute approximate surface area is 308 Å². The average molecular weight is 699 g/mol. The zero-order valence-corrected chi connectivity index (χ0v) is 30.9. The number of amides is 2. The maximum atomic E-state index is 14.7. The molecule has 2 aliphatic heterocycles.